The molecule has 2 N–H and O–H groups in total. The summed E-state index contributed by atoms with van der Waals surface area (Å²) in [6.45, 7) is 3.64. The highest BCUT2D eigenvalue weighted by molar-refractivity contribution is 7.92. The Hall–Kier alpha value is -1.24. The molecule has 0 bridgehead atoms. The van der Waals surface area contributed by atoms with Gasteiger partial charge in [0.2, 0.25) is 0 Å². The maximum atomic E-state index is 12.2. The number of aromatic amines is 1. The van der Waals surface area contributed by atoms with E-state index in [-0.39, 0.29) is 20.8 Å². The van der Waals surface area contributed by atoms with Gasteiger partial charge in [-0.2, -0.15) is 8.42 Å². The maximum Gasteiger partial charge on any atom is 0.279 e. The van der Waals surface area contributed by atoms with Gasteiger partial charge in [-0.15, -0.1) is 0 Å². The smallest absolute Gasteiger partial charge is 0.279 e. The summed E-state index contributed by atoms with van der Waals surface area (Å²) in [7, 11) is -3.80. The summed E-state index contributed by atoms with van der Waals surface area (Å²) in [6, 6.07) is 3.30. The average Bonchev–Trinajstić information content (AvgIpc) is 2.89. The second kappa shape index (κ2) is 5.63. The molecule has 0 radical (unpaired) electrons. The SMILES string of the molecule is CCc1ncc(S(=O)(=O)Nc2c(Cl)ccc(C)c2Cl)[nH]1. The van der Waals surface area contributed by atoms with Crippen molar-refractivity contribution in [3.05, 3.63) is 39.8 Å². The molecule has 1 aromatic heterocycles. The minimum absolute atomic E-state index is 0.0250. The summed E-state index contributed by atoms with van der Waals surface area (Å²) >= 11 is 12.1. The lowest BCUT2D eigenvalue weighted by molar-refractivity contribution is 0.598. The van der Waals surface area contributed by atoms with Gasteiger partial charge in [-0.05, 0) is 18.6 Å². The lowest BCUT2D eigenvalue weighted by Gasteiger charge is -2.11. The molecule has 0 aliphatic heterocycles. The molecule has 8 heteroatoms. The quantitative estimate of drug-likeness (QED) is 0.900. The maximum absolute atomic E-state index is 12.2. The lowest BCUT2D eigenvalue weighted by atomic mass is 10.2. The van der Waals surface area contributed by atoms with E-state index in [1.807, 2.05) is 6.92 Å². The Balaban J connectivity index is 2.41. The van der Waals surface area contributed by atoms with E-state index in [0.29, 0.717) is 12.2 Å². The minimum Gasteiger partial charge on any atom is -0.332 e. The second-order valence-electron chi connectivity index (χ2n) is 4.21. The number of nitrogens with zero attached hydrogens (tertiary/aromatic N) is 1. The molecule has 1 heterocycles. The van der Waals surface area contributed by atoms with Gasteiger partial charge < -0.3 is 4.98 Å². The van der Waals surface area contributed by atoms with Gasteiger partial charge in [0.1, 0.15) is 5.82 Å². The number of aryl methyl sites for hydroxylation is 2. The zero-order valence-corrected chi connectivity index (χ0v) is 13.2. The van der Waals surface area contributed by atoms with E-state index in [1.54, 1.807) is 19.1 Å². The Bertz CT molecular complexity index is 741. The van der Waals surface area contributed by atoms with E-state index in [1.165, 1.54) is 6.20 Å². The average molecular weight is 334 g/mol. The molecule has 2 rings (SSSR count). The fraction of sp³-hybridized carbons (Fsp3) is 0.250. The first kappa shape index (κ1) is 15.2. The molecule has 0 saturated heterocycles. The molecule has 108 valence electrons. The van der Waals surface area contributed by atoms with Gasteiger partial charge in [-0.3, -0.25) is 4.72 Å². The third-order valence-corrected chi connectivity index (χ3v) is 4.81. The number of nitrogens with one attached hydrogen (secondary N) is 2. The molecule has 0 fully saturated rings. The van der Waals surface area contributed by atoms with Crippen molar-refractivity contribution >= 4 is 38.9 Å². The summed E-state index contributed by atoms with van der Waals surface area (Å²) in [4.78, 5) is 6.69. The number of halogens is 2. The zero-order chi connectivity index (χ0) is 14.9. The van der Waals surface area contributed by atoms with Crippen molar-refractivity contribution in [2.75, 3.05) is 4.72 Å². The van der Waals surface area contributed by atoms with Crippen LogP contribution in [0.4, 0.5) is 5.69 Å². The van der Waals surface area contributed by atoms with Crippen molar-refractivity contribution in [3.8, 4) is 0 Å². The Morgan fingerprint density at radius 1 is 1.35 bits per heavy atom. The third kappa shape index (κ3) is 2.92. The fourth-order valence-electron chi connectivity index (χ4n) is 1.60. The van der Waals surface area contributed by atoms with Crippen LogP contribution in [-0.4, -0.2) is 18.4 Å². The van der Waals surface area contributed by atoms with E-state index in [9.17, 15) is 8.42 Å². The lowest BCUT2D eigenvalue weighted by Crippen LogP contribution is -2.14. The number of sulfonamides is 1. The van der Waals surface area contributed by atoms with Gasteiger partial charge in [0.15, 0.2) is 5.03 Å². The van der Waals surface area contributed by atoms with Gasteiger partial charge in [0, 0.05) is 6.42 Å². The van der Waals surface area contributed by atoms with Crippen molar-refractivity contribution in [2.45, 2.75) is 25.3 Å². The molecule has 0 atom stereocenters. The van der Waals surface area contributed by atoms with E-state index in [4.69, 9.17) is 23.2 Å². The number of H-pyrrole nitrogens is 1. The van der Waals surface area contributed by atoms with E-state index >= 15 is 0 Å². The number of rotatable bonds is 4. The summed E-state index contributed by atoms with van der Waals surface area (Å²) in [5, 5.41) is 0.485. The van der Waals surface area contributed by atoms with E-state index in [2.05, 4.69) is 14.7 Å². The van der Waals surface area contributed by atoms with Gasteiger partial charge in [-0.25, -0.2) is 4.98 Å². The van der Waals surface area contributed by atoms with Crippen LogP contribution in [0.25, 0.3) is 0 Å². The first-order chi connectivity index (χ1) is 9.35. The van der Waals surface area contributed by atoms with Crippen LogP contribution in [-0.2, 0) is 16.4 Å². The van der Waals surface area contributed by atoms with Crippen LogP contribution in [0.15, 0.2) is 23.4 Å². The molecule has 0 spiro atoms. The molecule has 0 aliphatic rings. The van der Waals surface area contributed by atoms with Gasteiger partial charge in [-0.1, -0.05) is 36.2 Å². The normalized spacial score (nSPS) is 11.6. The molecule has 0 aliphatic carbocycles. The van der Waals surface area contributed by atoms with Crippen molar-refractivity contribution in [1.29, 1.82) is 0 Å². The van der Waals surface area contributed by atoms with Crippen molar-refractivity contribution in [3.63, 3.8) is 0 Å². The summed E-state index contributed by atoms with van der Waals surface area (Å²) < 4.78 is 26.9. The number of hydrogen-bond donors (Lipinski definition) is 2. The molecule has 5 nitrogen and oxygen atoms in total. The second-order valence-corrected chi connectivity index (χ2v) is 6.64. The van der Waals surface area contributed by atoms with Crippen molar-refractivity contribution in [2.24, 2.45) is 0 Å². The van der Waals surface area contributed by atoms with Crippen LogP contribution in [0, 0.1) is 6.92 Å². The Labute approximate surface area is 127 Å². The summed E-state index contributed by atoms with van der Waals surface area (Å²) in [6.07, 6.45) is 1.88. The summed E-state index contributed by atoms with van der Waals surface area (Å²) in [5.74, 6) is 0.590. The fourth-order valence-corrected chi connectivity index (χ4v) is 3.21. The van der Waals surface area contributed by atoms with Crippen molar-refractivity contribution in [1.82, 2.24) is 9.97 Å². The van der Waals surface area contributed by atoms with Crippen LogP contribution < -0.4 is 4.72 Å². The standard InChI is InChI=1S/C12H13Cl2N3O2S/c1-3-9-15-6-10(16-9)20(18,19)17-12-8(13)5-4-7(2)11(12)14/h4-6,17H,3H2,1-2H3,(H,15,16). The van der Waals surface area contributed by atoms with Crippen LogP contribution in [0.3, 0.4) is 0 Å². The number of imidazole rings is 1. The highest BCUT2D eigenvalue weighted by Crippen LogP contribution is 2.34. The van der Waals surface area contributed by atoms with Gasteiger partial charge >= 0.3 is 0 Å². The molecule has 2 aromatic rings. The third-order valence-electron chi connectivity index (χ3n) is 2.75. The molecular weight excluding hydrogens is 321 g/mol. The van der Waals surface area contributed by atoms with Crippen molar-refractivity contribution < 1.29 is 8.42 Å². The van der Waals surface area contributed by atoms with Gasteiger partial charge in [0.25, 0.3) is 10.0 Å². The number of aromatic nitrogens is 2. The van der Waals surface area contributed by atoms with Crippen LogP contribution in [0.1, 0.15) is 18.3 Å². The highest BCUT2D eigenvalue weighted by Gasteiger charge is 2.20. The minimum atomic E-state index is -3.80. The monoisotopic (exact) mass is 333 g/mol. The Morgan fingerprint density at radius 2 is 2.05 bits per heavy atom. The predicted molar refractivity (Wildman–Crippen MR) is 80.0 cm³/mol. The highest BCUT2D eigenvalue weighted by atomic mass is 35.5. The largest absolute Gasteiger partial charge is 0.332 e. The van der Waals surface area contributed by atoms with Crippen LogP contribution in [0.5, 0.6) is 0 Å². The molecular formula is C12H13Cl2N3O2S. The van der Waals surface area contributed by atoms with E-state index in [0.717, 1.165) is 5.56 Å². The molecule has 20 heavy (non-hydrogen) atoms. The number of hydrogen-bond acceptors (Lipinski definition) is 3. The van der Waals surface area contributed by atoms with E-state index < -0.39 is 10.0 Å². The number of benzene rings is 1. The zero-order valence-electron chi connectivity index (χ0n) is 10.9. The first-order valence-electron chi connectivity index (χ1n) is 5.86. The van der Waals surface area contributed by atoms with Crippen LogP contribution >= 0.6 is 23.2 Å². The first-order valence-corrected chi connectivity index (χ1v) is 8.10. The molecule has 0 amide bonds. The predicted octanol–water partition coefficient (Wildman–Crippen LogP) is 3.39. The van der Waals surface area contributed by atoms with Crippen LogP contribution in [0.2, 0.25) is 10.0 Å². The summed E-state index contributed by atoms with van der Waals surface area (Å²) in [5.41, 5.74) is 0.897. The Morgan fingerprint density at radius 3 is 2.65 bits per heavy atom. The Kier molecular flexibility index (Phi) is 4.27. The molecule has 1 aromatic carbocycles. The number of anilines is 1. The van der Waals surface area contributed by atoms with Gasteiger partial charge in [0.05, 0.1) is 21.9 Å². The molecule has 0 saturated carbocycles. The topological polar surface area (TPSA) is 74.8 Å². The molecule has 0 unspecified atom stereocenters.